The van der Waals surface area contributed by atoms with Crippen LogP contribution < -0.4 is 0 Å². The third kappa shape index (κ3) is 1.61. The maximum Gasteiger partial charge on any atom is 0.166 e. The van der Waals surface area contributed by atoms with Gasteiger partial charge in [-0.15, -0.1) is 0 Å². The summed E-state index contributed by atoms with van der Waals surface area (Å²) in [4.78, 5) is 20.9. The van der Waals surface area contributed by atoms with Gasteiger partial charge < -0.3 is 0 Å². The lowest BCUT2D eigenvalue weighted by molar-refractivity contribution is 0.0971. The summed E-state index contributed by atoms with van der Waals surface area (Å²) in [6.07, 6.45) is 5.22. The molecule has 0 aliphatic heterocycles. The molecule has 1 aromatic heterocycles. The van der Waals surface area contributed by atoms with E-state index in [2.05, 4.69) is 34.2 Å². The smallest absolute Gasteiger partial charge is 0.166 e. The molecule has 0 spiro atoms. The second kappa shape index (κ2) is 3.98. The maximum atomic E-state index is 11.8. The van der Waals surface area contributed by atoms with E-state index in [1.165, 1.54) is 11.1 Å². The Labute approximate surface area is 111 Å². The molecule has 0 saturated heterocycles. The number of Topliss-reactive ketones (excluding diaryl/α,β-unsaturated/α-hetero) is 1. The van der Waals surface area contributed by atoms with E-state index in [1.807, 2.05) is 0 Å². The Balaban J connectivity index is 1.73. The SMILES string of the molecule is O=C1CCCc2nc(C3Cc4ccccc43)ncc21. The molecule has 1 atom stereocenters. The molecule has 0 fully saturated rings. The number of benzene rings is 1. The number of aryl methyl sites for hydroxylation is 1. The molecule has 2 aromatic rings. The van der Waals surface area contributed by atoms with Crippen molar-refractivity contribution in [1.29, 1.82) is 0 Å². The fourth-order valence-corrected chi connectivity index (χ4v) is 3.06. The minimum atomic E-state index is 0.196. The number of nitrogens with zero attached hydrogens (tertiary/aromatic N) is 2. The molecular weight excluding hydrogens is 236 g/mol. The number of carbonyl (C=O) groups excluding carboxylic acids is 1. The van der Waals surface area contributed by atoms with Crippen LogP contribution in [-0.4, -0.2) is 15.8 Å². The molecule has 2 aliphatic carbocycles. The van der Waals surface area contributed by atoms with E-state index < -0.39 is 0 Å². The molecule has 0 radical (unpaired) electrons. The van der Waals surface area contributed by atoms with Crippen LogP contribution >= 0.6 is 0 Å². The van der Waals surface area contributed by atoms with Gasteiger partial charge in [-0.25, -0.2) is 9.97 Å². The van der Waals surface area contributed by atoms with Gasteiger partial charge in [0.1, 0.15) is 5.82 Å². The molecule has 0 saturated carbocycles. The average molecular weight is 250 g/mol. The quantitative estimate of drug-likeness (QED) is 0.781. The fraction of sp³-hybridized carbons (Fsp3) is 0.312. The molecule has 3 heteroatoms. The highest BCUT2D eigenvalue weighted by atomic mass is 16.1. The summed E-state index contributed by atoms with van der Waals surface area (Å²) < 4.78 is 0. The highest BCUT2D eigenvalue weighted by Crippen LogP contribution is 2.38. The largest absolute Gasteiger partial charge is 0.294 e. The van der Waals surface area contributed by atoms with Gasteiger partial charge in [0, 0.05) is 18.5 Å². The first-order chi connectivity index (χ1) is 9.33. The van der Waals surface area contributed by atoms with Crippen molar-refractivity contribution in [1.82, 2.24) is 9.97 Å². The Bertz CT molecular complexity index is 678. The van der Waals surface area contributed by atoms with Crippen molar-refractivity contribution < 1.29 is 4.79 Å². The summed E-state index contributed by atoms with van der Waals surface area (Å²) in [6, 6.07) is 8.44. The van der Waals surface area contributed by atoms with Gasteiger partial charge in [-0.05, 0) is 30.4 Å². The number of aromatic nitrogens is 2. The van der Waals surface area contributed by atoms with Gasteiger partial charge in [-0.3, -0.25) is 4.79 Å². The fourth-order valence-electron chi connectivity index (χ4n) is 3.06. The standard InChI is InChI=1S/C16H14N2O/c19-15-7-3-6-14-13(15)9-17-16(18-14)12-8-10-4-1-2-5-11(10)12/h1-2,4-5,9,12H,3,6-8H2. The van der Waals surface area contributed by atoms with E-state index in [0.717, 1.165) is 36.3 Å². The Morgan fingerprint density at radius 1 is 1.16 bits per heavy atom. The number of carbonyl (C=O) groups is 1. The van der Waals surface area contributed by atoms with Crippen LogP contribution in [0.15, 0.2) is 30.5 Å². The van der Waals surface area contributed by atoms with Gasteiger partial charge in [0.05, 0.1) is 11.3 Å². The van der Waals surface area contributed by atoms with Gasteiger partial charge in [0.25, 0.3) is 0 Å². The van der Waals surface area contributed by atoms with Crippen LogP contribution in [0, 0.1) is 0 Å². The lowest BCUT2D eigenvalue weighted by Gasteiger charge is -2.29. The highest BCUT2D eigenvalue weighted by Gasteiger charge is 2.30. The van der Waals surface area contributed by atoms with Crippen molar-refractivity contribution in [3.63, 3.8) is 0 Å². The number of ketones is 1. The molecular formula is C16H14N2O. The van der Waals surface area contributed by atoms with E-state index >= 15 is 0 Å². The molecule has 19 heavy (non-hydrogen) atoms. The maximum absolute atomic E-state index is 11.8. The zero-order chi connectivity index (χ0) is 12.8. The molecule has 0 amide bonds. The van der Waals surface area contributed by atoms with Crippen molar-refractivity contribution in [3.8, 4) is 0 Å². The van der Waals surface area contributed by atoms with Gasteiger partial charge in [-0.1, -0.05) is 24.3 Å². The zero-order valence-corrected chi connectivity index (χ0v) is 10.6. The first kappa shape index (κ1) is 10.9. The minimum absolute atomic E-state index is 0.196. The third-order valence-electron chi connectivity index (χ3n) is 4.17. The van der Waals surface area contributed by atoms with E-state index in [4.69, 9.17) is 0 Å². The van der Waals surface area contributed by atoms with E-state index in [-0.39, 0.29) is 5.78 Å². The number of fused-ring (bicyclic) bond motifs is 2. The topological polar surface area (TPSA) is 42.9 Å². The molecule has 0 bridgehead atoms. The van der Waals surface area contributed by atoms with E-state index in [1.54, 1.807) is 6.20 Å². The molecule has 1 heterocycles. The number of hydrogen-bond acceptors (Lipinski definition) is 3. The number of hydrogen-bond donors (Lipinski definition) is 0. The summed E-state index contributed by atoms with van der Waals surface area (Å²) in [7, 11) is 0. The van der Waals surface area contributed by atoms with Crippen molar-refractivity contribution >= 4 is 5.78 Å². The lowest BCUT2D eigenvalue weighted by atomic mass is 9.77. The summed E-state index contributed by atoms with van der Waals surface area (Å²) in [5, 5.41) is 0. The van der Waals surface area contributed by atoms with Gasteiger partial charge in [0.15, 0.2) is 5.78 Å². The van der Waals surface area contributed by atoms with Crippen molar-refractivity contribution in [3.05, 3.63) is 58.7 Å². The first-order valence-corrected chi connectivity index (χ1v) is 6.80. The third-order valence-corrected chi connectivity index (χ3v) is 4.17. The molecule has 1 aromatic carbocycles. The second-order valence-electron chi connectivity index (χ2n) is 5.32. The Morgan fingerprint density at radius 2 is 2.05 bits per heavy atom. The van der Waals surface area contributed by atoms with Crippen LogP contribution in [0.2, 0.25) is 0 Å². The second-order valence-corrected chi connectivity index (χ2v) is 5.32. The monoisotopic (exact) mass is 250 g/mol. The molecule has 4 rings (SSSR count). The summed E-state index contributed by atoms with van der Waals surface area (Å²) in [6.45, 7) is 0. The van der Waals surface area contributed by atoms with Crippen LogP contribution in [0.5, 0.6) is 0 Å². The highest BCUT2D eigenvalue weighted by molar-refractivity contribution is 5.97. The normalized spacial score (nSPS) is 20.4. The van der Waals surface area contributed by atoms with Gasteiger partial charge in [-0.2, -0.15) is 0 Å². The average Bonchev–Trinajstić information content (AvgIpc) is 2.40. The van der Waals surface area contributed by atoms with Crippen LogP contribution in [0.4, 0.5) is 0 Å². The lowest BCUT2D eigenvalue weighted by Crippen LogP contribution is -2.22. The zero-order valence-electron chi connectivity index (χ0n) is 10.6. The Morgan fingerprint density at radius 3 is 2.95 bits per heavy atom. The van der Waals surface area contributed by atoms with Crippen molar-refractivity contribution in [2.24, 2.45) is 0 Å². The van der Waals surface area contributed by atoms with Gasteiger partial charge in [0.2, 0.25) is 0 Å². The predicted octanol–water partition coefficient (Wildman–Crippen LogP) is 2.68. The summed E-state index contributed by atoms with van der Waals surface area (Å²) in [5.74, 6) is 1.40. The number of rotatable bonds is 1. The van der Waals surface area contributed by atoms with Crippen LogP contribution in [0.1, 0.15) is 51.8 Å². The van der Waals surface area contributed by atoms with E-state index in [0.29, 0.717) is 12.3 Å². The van der Waals surface area contributed by atoms with Gasteiger partial charge >= 0.3 is 0 Å². The molecule has 3 nitrogen and oxygen atoms in total. The van der Waals surface area contributed by atoms with Crippen LogP contribution in [-0.2, 0) is 12.8 Å². The predicted molar refractivity (Wildman–Crippen MR) is 71.3 cm³/mol. The molecule has 0 N–H and O–H groups in total. The summed E-state index contributed by atoms with van der Waals surface area (Å²) >= 11 is 0. The van der Waals surface area contributed by atoms with Crippen LogP contribution in [0.25, 0.3) is 0 Å². The van der Waals surface area contributed by atoms with Crippen LogP contribution in [0.3, 0.4) is 0 Å². The molecule has 94 valence electrons. The molecule has 2 aliphatic rings. The molecule has 1 unspecified atom stereocenters. The van der Waals surface area contributed by atoms with E-state index in [9.17, 15) is 4.79 Å². The Hall–Kier alpha value is -2.03. The van der Waals surface area contributed by atoms with Crippen molar-refractivity contribution in [2.75, 3.05) is 0 Å². The Kier molecular flexibility index (Phi) is 2.28. The minimum Gasteiger partial charge on any atom is -0.294 e. The van der Waals surface area contributed by atoms with Crippen molar-refractivity contribution in [2.45, 2.75) is 31.6 Å². The first-order valence-electron chi connectivity index (χ1n) is 6.80. The summed E-state index contributed by atoms with van der Waals surface area (Å²) in [5.41, 5.74) is 4.42.